The molecule has 0 fully saturated rings. The predicted octanol–water partition coefficient (Wildman–Crippen LogP) is 3.51. The number of anilines is 1. The minimum Gasteiger partial charge on any atom is -0.398 e. The molecule has 1 atom stereocenters. The van der Waals surface area contributed by atoms with Crippen LogP contribution < -0.4 is 5.73 Å². The van der Waals surface area contributed by atoms with Crippen LogP contribution in [0.4, 0.5) is 10.1 Å². The zero-order valence-corrected chi connectivity index (χ0v) is 11.7. The second kappa shape index (κ2) is 6.17. The Morgan fingerprint density at radius 1 is 1.11 bits per heavy atom. The van der Waals surface area contributed by atoms with E-state index in [0.29, 0.717) is 22.0 Å². The highest BCUT2D eigenvalue weighted by Crippen LogP contribution is 2.17. The van der Waals surface area contributed by atoms with E-state index in [9.17, 15) is 8.60 Å². The number of hydrogen-bond acceptors (Lipinski definition) is 2. The molecule has 0 spiro atoms. The molecule has 0 aliphatic rings. The van der Waals surface area contributed by atoms with Crippen LogP contribution in [0.15, 0.2) is 42.5 Å². The molecule has 100 valence electrons. The van der Waals surface area contributed by atoms with Gasteiger partial charge in [-0.15, -0.1) is 0 Å². The minimum absolute atomic E-state index is 0.242. The summed E-state index contributed by atoms with van der Waals surface area (Å²) in [6, 6.07) is 11.3. The number of hydrogen-bond donors (Lipinski definition) is 1. The van der Waals surface area contributed by atoms with E-state index in [1.165, 1.54) is 18.2 Å². The lowest BCUT2D eigenvalue weighted by Gasteiger charge is -2.06. The minimum atomic E-state index is -1.14. The maximum Gasteiger partial charge on any atom is 0.123 e. The first-order valence-corrected chi connectivity index (χ1v) is 7.54. The number of nitrogen functional groups attached to an aromatic ring is 1. The van der Waals surface area contributed by atoms with Gasteiger partial charge in [0.15, 0.2) is 0 Å². The molecule has 0 heterocycles. The van der Waals surface area contributed by atoms with Gasteiger partial charge in [-0.05, 0) is 41.5 Å². The van der Waals surface area contributed by atoms with Crippen LogP contribution in [0, 0.1) is 5.82 Å². The summed E-state index contributed by atoms with van der Waals surface area (Å²) in [5.74, 6) is 0.270. The van der Waals surface area contributed by atoms with Crippen molar-refractivity contribution in [2.75, 3.05) is 5.73 Å². The molecule has 0 amide bonds. The highest BCUT2D eigenvalue weighted by molar-refractivity contribution is 7.83. The van der Waals surface area contributed by atoms with Gasteiger partial charge < -0.3 is 5.73 Å². The van der Waals surface area contributed by atoms with Crippen molar-refractivity contribution in [2.24, 2.45) is 0 Å². The van der Waals surface area contributed by atoms with Crippen molar-refractivity contribution in [3.05, 3.63) is 64.4 Å². The summed E-state index contributed by atoms with van der Waals surface area (Å²) in [7, 11) is -1.14. The Hall–Kier alpha value is -1.39. The van der Waals surface area contributed by atoms with E-state index >= 15 is 0 Å². The van der Waals surface area contributed by atoms with Gasteiger partial charge in [-0.25, -0.2) is 4.39 Å². The molecule has 2 aromatic carbocycles. The lowest BCUT2D eigenvalue weighted by Crippen LogP contribution is -2.03. The van der Waals surface area contributed by atoms with Gasteiger partial charge in [0, 0.05) is 27.3 Å². The third-order valence-electron chi connectivity index (χ3n) is 2.66. The molecule has 0 aromatic heterocycles. The van der Waals surface area contributed by atoms with Crippen molar-refractivity contribution in [3.63, 3.8) is 0 Å². The van der Waals surface area contributed by atoms with E-state index in [2.05, 4.69) is 0 Å². The quantitative estimate of drug-likeness (QED) is 0.878. The fourth-order valence-electron chi connectivity index (χ4n) is 1.69. The number of rotatable bonds is 4. The van der Waals surface area contributed by atoms with E-state index < -0.39 is 10.8 Å². The SMILES string of the molecule is Nc1ccc(F)cc1CS(=O)Cc1ccc(Cl)cc1. The largest absolute Gasteiger partial charge is 0.398 e. The van der Waals surface area contributed by atoms with Crippen LogP contribution in [0.3, 0.4) is 0 Å². The van der Waals surface area contributed by atoms with Crippen LogP contribution in [0.25, 0.3) is 0 Å². The van der Waals surface area contributed by atoms with Crippen LogP contribution in [-0.4, -0.2) is 4.21 Å². The highest BCUT2D eigenvalue weighted by atomic mass is 35.5. The Kier molecular flexibility index (Phi) is 4.56. The van der Waals surface area contributed by atoms with E-state index in [4.69, 9.17) is 17.3 Å². The van der Waals surface area contributed by atoms with Crippen LogP contribution in [-0.2, 0) is 22.3 Å². The maximum atomic E-state index is 13.1. The Labute approximate surface area is 118 Å². The van der Waals surface area contributed by atoms with Gasteiger partial charge in [0.25, 0.3) is 0 Å². The summed E-state index contributed by atoms with van der Waals surface area (Å²) in [4.78, 5) is 0. The third-order valence-corrected chi connectivity index (χ3v) is 4.20. The van der Waals surface area contributed by atoms with Gasteiger partial charge in [0.1, 0.15) is 5.82 Å². The monoisotopic (exact) mass is 297 g/mol. The average molecular weight is 298 g/mol. The summed E-state index contributed by atoms with van der Waals surface area (Å²) in [6.45, 7) is 0. The molecule has 0 bridgehead atoms. The van der Waals surface area contributed by atoms with Crippen LogP contribution in [0.2, 0.25) is 5.02 Å². The van der Waals surface area contributed by atoms with E-state index in [1.54, 1.807) is 12.1 Å². The Morgan fingerprint density at radius 3 is 2.47 bits per heavy atom. The summed E-state index contributed by atoms with van der Waals surface area (Å²) in [5.41, 5.74) is 7.70. The van der Waals surface area contributed by atoms with E-state index in [0.717, 1.165) is 5.56 Å². The first-order valence-electron chi connectivity index (χ1n) is 5.68. The second-order valence-electron chi connectivity index (χ2n) is 4.20. The Bertz CT molecular complexity index is 601. The molecule has 0 saturated heterocycles. The summed E-state index contributed by atoms with van der Waals surface area (Å²) < 4.78 is 25.1. The molecular weight excluding hydrogens is 285 g/mol. The molecule has 0 aliphatic heterocycles. The van der Waals surface area contributed by atoms with Crippen molar-refractivity contribution in [3.8, 4) is 0 Å². The zero-order chi connectivity index (χ0) is 13.8. The second-order valence-corrected chi connectivity index (χ2v) is 6.09. The van der Waals surface area contributed by atoms with Gasteiger partial charge in [-0.3, -0.25) is 4.21 Å². The molecule has 19 heavy (non-hydrogen) atoms. The molecule has 0 radical (unpaired) electrons. The van der Waals surface area contributed by atoms with Gasteiger partial charge in [-0.1, -0.05) is 23.7 Å². The van der Waals surface area contributed by atoms with E-state index in [1.807, 2.05) is 12.1 Å². The molecular formula is C14H13ClFNOS. The predicted molar refractivity (Wildman–Crippen MR) is 77.8 cm³/mol. The molecule has 2 N–H and O–H groups in total. The van der Waals surface area contributed by atoms with Crippen molar-refractivity contribution < 1.29 is 8.60 Å². The van der Waals surface area contributed by atoms with Gasteiger partial charge in [0.2, 0.25) is 0 Å². The van der Waals surface area contributed by atoms with E-state index in [-0.39, 0.29) is 11.6 Å². The highest BCUT2D eigenvalue weighted by Gasteiger charge is 2.07. The number of benzene rings is 2. The zero-order valence-electron chi connectivity index (χ0n) is 10.1. The summed E-state index contributed by atoms with van der Waals surface area (Å²) >= 11 is 5.78. The molecule has 0 aliphatic carbocycles. The molecule has 1 unspecified atom stereocenters. The topological polar surface area (TPSA) is 43.1 Å². The Balaban J connectivity index is 2.05. The number of halogens is 2. The fraction of sp³-hybridized carbons (Fsp3) is 0.143. The van der Waals surface area contributed by atoms with Crippen molar-refractivity contribution in [1.82, 2.24) is 0 Å². The normalized spacial score (nSPS) is 12.3. The molecule has 2 aromatic rings. The van der Waals surface area contributed by atoms with Crippen LogP contribution in [0.1, 0.15) is 11.1 Å². The van der Waals surface area contributed by atoms with Crippen LogP contribution in [0.5, 0.6) is 0 Å². The van der Waals surface area contributed by atoms with Crippen molar-refractivity contribution >= 4 is 28.1 Å². The molecule has 2 rings (SSSR count). The number of nitrogens with two attached hydrogens (primary N) is 1. The van der Waals surface area contributed by atoms with Crippen molar-refractivity contribution in [1.29, 1.82) is 0 Å². The third kappa shape index (κ3) is 4.04. The molecule has 0 saturated carbocycles. The van der Waals surface area contributed by atoms with Gasteiger partial charge >= 0.3 is 0 Å². The van der Waals surface area contributed by atoms with Crippen LogP contribution >= 0.6 is 11.6 Å². The standard InChI is InChI=1S/C14H13ClFNOS/c15-12-3-1-10(2-4-12)8-19(18)9-11-7-13(16)5-6-14(11)17/h1-7H,8-9,17H2. The Morgan fingerprint density at radius 2 is 1.79 bits per heavy atom. The average Bonchev–Trinajstić information content (AvgIpc) is 2.37. The van der Waals surface area contributed by atoms with Crippen molar-refractivity contribution in [2.45, 2.75) is 11.5 Å². The smallest absolute Gasteiger partial charge is 0.123 e. The summed E-state index contributed by atoms with van der Waals surface area (Å²) in [6.07, 6.45) is 0. The summed E-state index contributed by atoms with van der Waals surface area (Å²) in [5, 5.41) is 0.643. The van der Waals surface area contributed by atoms with Gasteiger partial charge in [-0.2, -0.15) is 0 Å². The first-order chi connectivity index (χ1) is 9.04. The fourth-order valence-corrected chi connectivity index (χ4v) is 3.08. The molecule has 2 nitrogen and oxygen atoms in total. The lowest BCUT2D eigenvalue weighted by molar-refractivity contribution is 0.626. The first kappa shape index (κ1) is 14.0. The lowest BCUT2D eigenvalue weighted by atomic mass is 10.2. The maximum absolute atomic E-state index is 13.1. The van der Waals surface area contributed by atoms with Gasteiger partial charge in [0.05, 0.1) is 5.75 Å². The molecule has 5 heteroatoms.